The highest BCUT2D eigenvalue weighted by atomic mass is 16.5. The largest absolute Gasteiger partial charge is 0.454 e. The first-order valence-corrected chi connectivity index (χ1v) is 10.0. The van der Waals surface area contributed by atoms with Crippen LogP contribution in [0.3, 0.4) is 0 Å². The summed E-state index contributed by atoms with van der Waals surface area (Å²) in [4.78, 5) is 52.8. The smallest absolute Gasteiger partial charge is 0.326 e. The van der Waals surface area contributed by atoms with Crippen LogP contribution in [0.15, 0.2) is 42.6 Å². The molecule has 0 spiro atoms. The SMILES string of the molecule is O=C(COC(=O)CN1C(=O)[C@H]2CC=CC[C@H]2C1=O)NCCc1c[nH]c2ccccc12. The maximum atomic E-state index is 12.4. The number of allylic oxidation sites excluding steroid dienone is 2. The first-order valence-electron chi connectivity index (χ1n) is 10.0. The van der Waals surface area contributed by atoms with Crippen LogP contribution in [0.1, 0.15) is 18.4 Å². The number of imide groups is 1. The van der Waals surface area contributed by atoms with E-state index in [1.165, 1.54) is 0 Å². The first-order chi connectivity index (χ1) is 14.5. The predicted molar refractivity (Wildman–Crippen MR) is 108 cm³/mol. The number of amides is 3. The van der Waals surface area contributed by atoms with Crippen molar-refractivity contribution in [3.8, 4) is 0 Å². The molecule has 1 fully saturated rings. The molecule has 1 aromatic heterocycles. The lowest BCUT2D eigenvalue weighted by Gasteiger charge is -2.14. The number of rotatable bonds is 7. The van der Waals surface area contributed by atoms with E-state index in [1.54, 1.807) is 0 Å². The van der Waals surface area contributed by atoms with Gasteiger partial charge in [0.25, 0.3) is 5.91 Å². The Bertz CT molecular complexity index is 999. The molecule has 4 rings (SSSR count). The Kier molecular flexibility index (Phi) is 5.65. The van der Waals surface area contributed by atoms with Crippen LogP contribution < -0.4 is 5.32 Å². The van der Waals surface area contributed by atoms with Crippen LogP contribution >= 0.6 is 0 Å². The molecule has 1 saturated heterocycles. The number of aromatic nitrogens is 1. The zero-order valence-electron chi connectivity index (χ0n) is 16.4. The van der Waals surface area contributed by atoms with Gasteiger partial charge < -0.3 is 15.0 Å². The zero-order valence-corrected chi connectivity index (χ0v) is 16.4. The van der Waals surface area contributed by atoms with E-state index < -0.39 is 25.0 Å². The maximum Gasteiger partial charge on any atom is 0.326 e. The average Bonchev–Trinajstić information content (AvgIpc) is 3.27. The lowest BCUT2D eigenvalue weighted by atomic mass is 9.85. The summed E-state index contributed by atoms with van der Waals surface area (Å²) in [6, 6.07) is 7.90. The Labute approximate surface area is 173 Å². The topological polar surface area (TPSA) is 109 Å². The normalized spacial score (nSPS) is 20.5. The molecule has 0 unspecified atom stereocenters. The van der Waals surface area contributed by atoms with Crippen LogP contribution in [-0.2, 0) is 30.3 Å². The summed E-state index contributed by atoms with van der Waals surface area (Å²) < 4.78 is 4.95. The molecule has 156 valence electrons. The fourth-order valence-corrected chi connectivity index (χ4v) is 4.07. The van der Waals surface area contributed by atoms with Crippen molar-refractivity contribution in [3.05, 3.63) is 48.2 Å². The third-order valence-corrected chi connectivity index (χ3v) is 5.64. The molecular weight excluding hydrogens is 386 g/mol. The quantitative estimate of drug-likeness (QED) is 0.407. The number of H-pyrrole nitrogens is 1. The molecule has 1 aromatic carbocycles. The van der Waals surface area contributed by atoms with Gasteiger partial charge in [0, 0.05) is 23.6 Å². The van der Waals surface area contributed by atoms with E-state index in [0.29, 0.717) is 25.8 Å². The Balaban J connectivity index is 1.20. The van der Waals surface area contributed by atoms with Gasteiger partial charge in [-0.05, 0) is 30.9 Å². The van der Waals surface area contributed by atoms with Gasteiger partial charge in [0.05, 0.1) is 11.8 Å². The number of para-hydroxylation sites is 1. The highest BCUT2D eigenvalue weighted by Crippen LogP contribution is 2.34. The summed E-state index contributed by atoms with van der Waals surface area (Å²) in [5, 5.41) is 3.81. The van der Waals surface area contributed by atoms with Gasteiger partial charge in [-0.2, -0.15) is 0 Å². The number of benzene rings is 1. The Morgan fingerprint density at radius 1 is 1.10 bits per heavy atom. The molecule has 2 heterocycles. The Morgan fingerprint density at radius 3 is 2.53 bits per heavy atom. The minimum atomic E-state index is -0.768. The van der Waals surface area contributed by atoms with Crippen molar-refractivity contribution >= 4 is 34.6 Å². The standard InChI is InChI=1S/C22H23N3O5/c26-19(23-10-9-14-11-24-18-8-4-3-5-15(14)18)13-30-20(27)12-25-21(28)16-6-1-2-7-17(16)22(25)29/h1-5,8,11,16-17,24H,6-7,9-10,12-13H2,(H,23,26)/t16-,17+. The van der Waals surface area contributed by atoms with Gasteiger partial charge >= 0.3 is 5.97 Å². The monoisotopic (exact) mass is 409 g/mol. The molecule has 3 amide bonds. The molecule has 2 N–H and O–H groups in total. The second kappa shape index (κ2) is 8.52. The van der Waals surface area contributed by atoms with Gasteiger partial charge in [-0.1, -0.05) is 30.4 Å². The van der Waals surface area contributed by atoms with E-state index >= 15 is 0 Å². The fourth-order valence-electron chi connectivity index (χ4n) is 4.07. The van der Waals surface area contributed by atoms with E-state index in [4.69, 9.17) is 4.74 Å². The first kappa shape index (κ1) is 19.9. The summed E-state index contributed by atoms with van der Waals surface area (Å²) in [6.45, 7) is -0.498. The Hall–Kier alpha value is -3.42. The molecular formula is C22H23N3O5. The molecule has 30 heavy (non-hydrogen) atoms. The second-order valence-corrected chi connectivity index (χ2v) is 7.54. The van der Waals surface area contributed by atoms with Crippen LogP contribution in [-0.4, -0.2) is 53.3 Å². The van der Waals surface area contributed by atoms with Gasteiger partial charge in [-0.3, -0.25) is 24.1 Å². The van der Waals surface area contributed by atoms with E-state index in [-0.39, 0.29) is 23.7 Å². The minimum absolute atomic E-state index is 0.338. The van der Waals surface area contributed by atoms with E-state index in [1.807, 2.05) is 42.6 Å². The number of carbonyl (C=O) groups excluding carboxylic acids is 4. The van der Waals surface area contributed by atoms with Crippen molar-refractivity contribution in [3.63, 3.8) is 0 Å². The van der Waals surface area contributed by atoms with Gasteiger partial charge in [-0.15, -0.1) is 0 Å². The van der Waals surface area contributed by atoms with Crippen molar-refractivity contribution in [2.45, 2.75) is 19.3 Å². The van der Waals surface area contributed by atoms with Crippen molar-refractivity contribution < 1.29 is 23.9 Å². The van der Waals surface area contributed by atoms with Crippen molar-refractivity contribution in [2.24, 2.45) is 11.8 Å². The van der Waals surface area contributed by atoms with Crippen LogP contribution in [0.25, 0.3) is 10.9 Å². The summed E-state index contributed by atoms with van der Waals surface area (Å²) in [5.74, 6) is -2.65. The van der Waals surface area contributed by atoms with Gasteiger partial charge in [-0.25, -0.2) is 0 Å². The molecule has 8 heteroatoms. The molecule has 2 atom stereocenters. The number of hydrogen-bond acceptors (Lipinski definition) is 5. The predicted octanol–water partition coefficient (Wildman–Crippen LogP) is 1.32. The molecule has 8 nitrogen and oxygen atoms in total. The number of nitrogens with zero attached hydrogens (tertiary/aromatic N) is 1. The summed E-state index contributed by atoms with van der Waals surface area (Å²) >= 11 is 0. The molecule has 1 aliphatic carbocycles. The second-order valence-electron chi connectivity index (χ2n) is 7.54. The van der Waals surface area contributed by atoms with E-state index in [2.05, 4.69) is 10.3 Å². The molecule has 0 radical (unpaired) electrons. The molecule has 2 aliphatic rings. The third kappa shape index (κ3) is 3.98. The lowest BCUT2D eigenvalue weighted by Crippen LogP contribution is -2.38. The summed E-state index contributed by atoms with van der Waals surface area (Å²) in [6.07, 6.45) is 7.34. The van der Waals surface area contributed by atoms with Crippen LogP contribution in [0, 0.1) is 11.8 Å². The zero-order chi connectivity index (χ0) is 21.1. The highest BCUT2D eigenvalue weighted by Gasteiger charge is 2.47. The molecule has 2 aromatic rings. The van der Waals surface area contributed by atoms with Gasteiger partial charge in [0.1, 0.15) is 6.54 Å². The lowest BCUT2D eigenvalue weighted by molar-refractivity contribution is -0.154. The third-order valence-electron chi connectivity index (χ3n) is 5.64. The maximum absolute atomic E-state index is 12.4. The summed E-state index contributed by atoms with van der Waals surface area (Å²) in [5.41, 5.74) is 2.12. The number of aromatic amines is 1. The van der Waals surface area contributed by atoms with Crippen LogP contribution in [0.5, 0.6) is 0 Å². The minimum Gasteiger partial charge on any atom is -0.454 e. The van der Waals surface area contributed by atoms with Gasteiger partial charge in [0.2, 0.25) is 11.8 Å². The van der Waals surface area contributed by atoms with Crippen LogP contribution in [0.2, 0.25) is 0 Å². The molecule has 0 saturated carbocycles. The van der Waals surface area contributed by atoms with Crippen molar-refractivity contribution in [1.82, 2.24) is 15.2 Å². The average molecular weight is 409 g/mol. The van der Waals surface area contributed by atoms with Gasteiger partial charge in [0.15, 0.2) is 6.61 Å². The van der Waals surface area contributed by atoms with Crippen molar-refractivity contribution in [2.75, 3.05) is 19.7 Å². The number of likely N-dealkylation sites (tertiary alicyclic amines) is 1. The number of ether oxygens (including phenoxy) is 1. The number of carbonyl (C=O) groups is 4. The summed E-state index contributed by atoms with van der Waals surface area (Å²) in [7, 11) is 0. The van der Waals surface area contributed by atoms with Crippen LogP contribution in [0.4, 0.5) is 0 Å². The highest BCUT2D eigenvalue weighted by molar-refractivity contribution is 6.07. The number of esters is 1. The van der Waals surface area contributed by atoms with E-state index in [0.717, 1.165) is 21.4 Å². The number of fused-ring (bicyclic) bond motifs is 2. The fraction of sp³-hybridized carbons (Fsp3) is 0.364. The molecule has 1 aliphatic heterocycles. The molecule has 0 bridgehead atoms. The Morgan fingerprint density at radius 2 is 1.80 bits per heavy atom. The van der Waals surface area contributed by atoms with Crippen molar-refractivity contribution in [1.29, 1.82) is 0 Å². The number of hydrogen-bond donors (Lipinski definition) is 2. The number of nitrogens with one attached hydrogen (secondary N) is 2. The van der Waals surface area contributed by atoms with E-state index in [9.17, 15) is 19.2 Å².